The van der Waals surface area contributed by atoms with Crippen LogP contribution in [0.1, 0.15) is 0 Å². The molecule has 0 aliphatic carbocycles. The molecule has 0 heterocycles. The van der Waals surface area contributed by atoms with Crippen molar-refractivity contribution >= 4 is 11.9 Å². The van der Waals surface area contributed by atoms with E-state index in [1.165, 1.54) is 0 Å². The summed E-state index contributed by atoms with van der Waals surface area (Å²) in [5, 5.41) is 2.71. The number of methoxy groups -OCH3 is 1. The van der Waals surface area contributed by atoms with Gasteiger partial charge in [-0.3, -0.25) is 4.79 Å². The predicted octanol–water partition coefficient (Wildman–Crippen LogP) is -0.772. The van der Waals surface area contributed by atoms with E-state index in [2.05, 4.69) is 10.3 Å². The Bertz CT molecular complexity index is 229. The van der Waals surface area contributed by atoms with Gasteiger partial charge in [0.25, 0.3) is 0 Å². The average Bonchev–Trinajstić information content (AvgIpc) is 2.17. The van der Waals surface area contributed by atoms with Crippen LogP contribution in [0.2, 0.25) is 0 Å². The third-order valence-corrected chi connectivity index (χ3v) is 1.79. The maximum Gasteiger partial charge on any atom is 0.241 e. The standard InChI is InChI=1S/C10H22N4O2/c1-13(2)10(14(3)4)12-8-9(15)11-6-7-16-5/h6-8H2,1-5H3,(H,11,15). The van der Waals surface area contributed by atoms with Crippen molar-refractivity contribution in [2.45, 2.75) is 0 Å². The van der Waals surface area contributed by atoms with Crippen LogP contribution >= 0.6 is 0 Å². The second-order valence-corrected chi connectivity index (χ2v) is 3.75. The van der Waals surface area contributed by atoms with Crippen molar-refractivity contribution in [2.75, 3.05) is 55.0 Å². The highest BCUT2D eigenvalue weighted by molar-refractivity contribution is 5.84. The fraction of sp³-hybridized carbons (Fsp3) is 0.800. The molecule has 0 aliphatic heterocycles. The quantitative estimate of drug-likeness (QED) is 0.383. The van der Waals surface area contributed by atoms with Crippen LogP contribution in [0.3, 0.4) is 0 Å². The number of nitrogens with zero attached hydrogens (tertiary/aromatic N) is 3. The lowest BCUT2D eigenvalue weighted by atomic mass is 10.5. The molecule has 0 bridgehead atoms. The maximum absolute atomic E-state index is 11.4. The molecular weight excluding hydrogens is 208 g/mol. The molecule has 94 valence electrons. The lowest BCUT2D eigenvalue weighted by molar-refractivity contribution is -0.119. The Kier molecular flexibility index (Phi) is 7.28. The third kappa shape index (κ3) is 6.23. The minimum atomic E-state index is -0.0988. The molecule has 0 saturated carbocycles. The molecule has 0 aromatic rings. The van der Waals surface area contributed by atoms with Gasteiger partial charge in [0.15, 0.2) is 5.96 Å². The summed E-state index contributed by atoms with van der Waals surface area (Å²) >= 11 is 0. The first kappa shape index (κ1) is 14.7. The molecule has 0 unspecified atom stereocenters. The SMILES string of the molecule is COCCNC(=O)CN=C(N(C)C)N(C)C. The van der Waals surface area contributed by atoms with Gasteiger partial charge >= 0.3 is 0 Å². The van der Waals surface area contributed by atoms with E-state index in [0.29, 0.717) is 13.2 Å². The number of rotatable bonds is 5. The topological polar surface area (TPSA) is 57.2 Å². The summed E-state index contributed by atoms with van der Waals surface area (Å²) in [7, 11) is 9.16. The van der Waals surface area contributed by atoms with E-state index in [0.717, 1.165) is 5.96 Å². The minimum Gasteiger partial charge on any atom is -0.383 e. The van der Waals surface area contributed by atoms with Gasteiger partial charge in [-0.25, -0.2) is 4.99 Å². The first-order valence-electron chi connectivity index (χ1n) is 5.13. The first-order valence-corrected chi connectivity index (χ1v) is 5.13. The van der Waals surface area contributed by atoms with Crippen LogP contribution in [0.4, 0.5) is 0 Å². The number of carbonyl (C=O) groups excluding carboxylic acids is 1. The highest BCUT2D eigenvalue weighted by Crippen LogP contribution is 1.88. The molecule has 0 rings (SSSR count). The summed E-state index contributed by atoms with van der Waals surface area (Å²) in [4.78, 5) is 19.3. The van der Waals surface area contributed by atoms with E-state index >= 15 is 0 Å². The van der Waals surface area contributed by atoms with Crippen LogP contribution in [-0.2, 0) is 9.53 Å². The Balaban J connectivity index is 4.07. The Morgan fingerprint density at radius 2 is 1.81 bits per heavy atom. The number of guanidine groups is 1. The van der Waals surface area contributed by atoms with Crippen LogP contribution in [0.15, 0.2) is 4.99 Å². The molecule has 16 heavy (non-hydrogen) atoms. The van der Waals surface area contributed by atoms with Gasteiger partial charge in [0.05, 0.1) is 6.61 Å². The molecular formula is C10H22N4O2. The predicted molar refractivity (Wildman–Crippen MR) is 64.6 cm³/mol. The van der Waals surface area contributed by atoms with Gasteiger partial charge in [-0.05, 0) is 0 Å². The number of ether oxygens (including phenoxy) is 1. The molecule has 0 fully saturated rings. The van der Waals surface area contributed by atoms with Crippen molar-refractivity contribution in [2.24, 2.45) is 4.99 Å². The van der Waals surface area contributed by atoms with E-state index in [1.807, 2.05) is 38.0 Å². The summed E-state index contributed by atoms with van der Waals surface area (Å²) in [6.07, 6.45) is 0. The molecule has 1 amide bonds. The summed E-state index contributed by atoms with van der Waals surface area (Å²) in [6, 6.07) is 0. The number of carbonyl (C=O) groups is 1. The number of hydrogen-bond donors (Lipinski definition) is 1. The zero-order valence-electron chi connectivity index (χ0n) is 10.8. The Morgan fingerprint density at radius 1 is 1.25 bits per heavy atom. The zero-order valence-corrected chi connectivity index (χ0v) is 10.8. The van der Waals surface area contributed by atoms with Gasteiger partial charge in [0, 0.05) is 41.8 Å². The molecule has 6 heteroatoms. The average molecular weight is 230 g/mol. The minimum absolute atomic E-state index is 0.0988. The molecule has 0 aromatic heterocycles. The normalized spacial score (nSPS) is 9.56. The van der Waals surface area contributed by atoms with Gasteiger partial charge in [-0.1, -0.05) is 0 Å². The van der Waals surface area contributed by atoms with Gasteiger partial charge in [0.2, 0.25) is 5.91 Å². The Hall–Kier alpha value is -1.30. The first-order chi connectivity index (χ1) is 7.49. The number of hydrogen-bond acceptors (Lipinski definition) is 3. The molecule has 0 radical (unpaired) electrons. The summed E-state index contributed by atoms with van der Waals surface area (Å²) in [6.45, 7) is 1.17. The summed E-state index contributed by atoms with van der Waals surface area (Å²) in [5.41, 5.74) is 0. The van der Waals surface area contributed by atoms with Crippen molar-refractivity contribution in [1.29, 1.82) is 0 Å². The monoisotopic (exact) mass is 230 g/mol. The van der Waals surface area contributed by atoms with Crippen LogP contribution in [0, 0.1) is 0 Å². The van der Waals surface area contributed by atoms with Crippen molar-refractivity contribution < 1.29 is 9.53 Å². The smallest absolute Gasteiger partial charge is 0.241 e. The third-order valence-electron chi connectivity index (χ3n) is 1.79. The van der Waals surface area contributed by atoms with E-state index in [-0.39, 0.29) is 12.5 Å². The molecule has 1 N–H and O–H groups in total. The number of nitrogens with one attached hydrogen (secondary N) is 1. The molecule has 6 nitrogen and oxygen atoms in total. The number of amides is 1. The van der Waals surface area contributed by atoms with Crippen LogP contribution < -0.4 is 5.32 Å². The van der Waals surface area contributed by atoms with Gasteiger partial charge in [-0.15, -0.1) is 0 Å². The van der Waals surface area contributed by atoms with E-state index in [1.54, 1.807) is 7.11 Å². The molecule has 0 spiro atoms. The van der Waals surface area contributed by atoms with Gasteiger partial charge in [-0.2, -0.15) is 0 Å². The number of aliphatic imine (C=N–C) groups is 1. The van der Waals surface area contributed by atoms with E-state index in [9.17, 15) is 4.79 Å². The largest absolute Gasteiger partial charge is 0.383 e. The van der Waals surface area contributed by atoms with Crippen LogP contribution in [-0.4, -0.2) is 76.7 Å². The lowest BCUT2D eigenvalue weighted by Crippen LogP contribution is -2.37. The highest BCUT2D eigenvalue weighted by atomic mass is 16.5. The lowest BCUT2D eigenvalue weighted by Gasteiger charge is -2.22. The second kappa shape index (κ2) is 7.92. The summed E-state index contributed by atoms with van der Waals surface area (Å²) < 4.78 is 4.83. The molecule has 0 aliphatic rings. The second-order valence-electron chi connectivity index (χ2n) is 3.75. The zero-order chi connectivity index (χ0) is 12.6. The maximum atomic E-state index is 11.4. The molecule has 0 saturated heterocycles. The van der Waals surface area contributed by atoms with Crippen molar-refractivity contribution in [1.82, 2.24) is 15.1 Å². The van der Waals surface area contributed by atoms with Crippen LogP contribution in [0.5, 0.6) is 0 Å². The fourth-order valence-electron chi connectivity index (χ4n) is 1.17. The van der Waals surface area contributed by atoms with E-state index in [4.69, 9.17) is 4.74 Å². The van der Waals surface area contributed by atoms with Gasteiger partial charge < -0.3 is 19.9 Å². The van der Waals surface area contributed by atoms with Crippen molar-refractivity contribution in [3.05, 3.63) is 0 Å². The fourth-order valence-corrected chi connectivity index (χ4v) is 1.17. The van der Waals surface area contributed by atoms with Crippen molar-refractivity contribution in [3.63, 3.8) is 0 Å². The van der Waals surface area contributed by atoms with Gasteiger partial charge in [0.1, 0.15) is 6.54 Å². The van der Waals surface area contributed by atoms with Crippen LogP contribution in [0.25, 0.3) is 0 Å². The molecule has 0 atom stereocenters. The highest BCUT2D eigenvalue weighted by Gasteiger charge is 2.05. The summed E-state index contributed by atoms with van der Waals surface area (Å²) in [5.74, 6) is 0.667. The molecule has 0 aromatic carbocycles. The van der Waals surface area contributed by atoms with E-state index < -0.39 is 0 Å². The Morgan fingerprint density at radius 3 is 2.25 bits per heavy atom. The van der Waals surface area contributed by atoms with Crippen molar-refractivity contribution in [3.8, 4) is 0 Å². The Labute approximate surface area is 97.3 Å².